The van der Waals surface area contributed by atoms with Crippen molar-refractivity contribution in [1.82, 2.24) is 20.3 Å². The lowest BCUT2D eigenvalue weighted by Gasteiger charge is -2.05. The van der Waals surface area contributed by atoms with Gasteiger partial charge in [-0.15, -0.1) is 5.10 Å². The summed E-state index contributed by atoms with van der Waals surface area (Å²) in [5, 5.41) is 11.1. The Balaban J connectivity index is 2.35. The van der Waals surface area contributed by atoms with Gasteiger partial charge >= 0.3 is 0 Å². The van der Waals surface area contributed by atoms with Gasteiger partial charge in [0.05, 0.1) is 18.0 Å². The smallest absolute Gasteiger partial charge is 0.141 e. The van der Waals surface area contributed by atoms with Crippen molar-refractivity contribution < 1.29 is 4.74 Å². The highest BCUT2D eigenvalue weighted by Crippen LogP contribution is 1.95. The lowest BCUT2D eigenvalue weighted by molar-refractivity contribution is 0.0211. The Morgan fingerprint density at radius 1 is 1.57 bits per heavy atom. The van der Waals surface area contributed by atoms with E-state index in [1.54, 1.807) is 4.68 Å². The molecule has 0 aliphatic heterocycles. The van der Waals surface area contributed by atoms with Gasteiger partial charge in [-0.05, 0) is 20.4 Å². The zero-order valence-corrected chi connectivity index (χ0v) is 9.03. The molecule has 0 bridgehead atoms. The van der Waals surface area contributed by atoms with E-state index in [-0.39, 0.29) is 6.10 Å². The fourth-order valence-corrected chi connectivity index (χ4v) is 0.961. The quantitative estimate of drug-likeness (QED) is 0.733. The molecule has 0 atom stereocenters. The zero-order chi connectivity index (χ0) is 10.4. The van der Waals surface area contributed by atoms with Crippen LogP contribution >= 0.6 is 0 Å². The molecular weight excluding hydrogens is 180 g/mol. The van der Waals surface area contributed by atoms with Crippen LogP contribution in [0.4, 0.5) is 0 Å². The van der Waals surface area contributed by atoms with E-state index in [9.17, 15) is 0 Å². The van der Waals surface area contributed by atoms with Crippen molar-refractivity contribution >= 4 is 0 Å². The molecule has 5 heteroatoms. The van der Waals surface area contributed by atoms with Crippen molar-refractivity contribution in [3.63, 3.8) is 0 Å². The normalized spacial score (nSPS) is 11.1. The average molecular weight is 198 g/mol. The molecule has 0 aromatic carbocycles. The van der Waals surface area contributed by atoms with E-state index in [1.165, 1.54) is 0 Å². The van der Waals surface area contributed by atoms with Gasteiger partial charge in [0, 0.05) is 6.54 Å². The third kappa shape index (κ3) is 3.85. The SMILES string of the molecule is CCNCc1cn(COC(C)C)nn1. The van der Waals surface area contributed by atoms with Crippen molar-refractivity contribution in [2.75, 3.05) is 6.54 Å². The van der Waals surface area contributed by atoms with Crippen molar-refractivity contribution in [3.8, 4) is 0 Å². The topological polar surface area (TPSA) is 52.0 Å². The zero-order valence-electron chi connectivity index (χ0n) is 9.03. The minimum absolute atomic E-state index is 0.219. The Kier molecular flexibility index (Phi) is 4.55. The predicted octanol–water partition coefficient (Wildman–Crippen LogP) is 0.770. The predicted molar refractivity (Wildman–Crippen MR) is 53.6 cm³/mol. The third-order valence-electron chi connectivity index (χ3n) is 1.68. The molecule has 1 heterocycles. The number of hydrogen-bond donors (Lipinski definition) is 1. The summed E-state index contributed by atoms with van der Waals surface area (Å²) in [4.78, 5) is 0. The molecule has 1 rings (SSSR count). The third-order valence-corrected chi connectivity index (χ3v) is 1.68. The van der Waals surface area contributed by atoms with Gasteiger partial charge in [-0.25, -0.2) is 4.68 Å². The van der Waals surface area contributed by atoms with Gasteiger partial charge < -0.3 is 10.1 Å². The second kappa shape index (κ2) is 5.72. The first-order chi connectivity index (χ1) is 6.72. The van der Waals surface area contributed by atoms with Crippen molar-refractivity contribution in [2.24, 2.45) is 0 Å². The number of aromatic nitrogens is 3. The van der Waals surface area contributed by atoms with Gasteiger partial charge in [0.1, 0.15) is 6.73 Å². The molecule has 0 unspecified atom stereocenters. The summed E-state index contributed by atoms with van der Waals surface area (Å²) in [6, 6.07) is 0. The standard InChI is InChI=1S/C9H18N4O/c1-4-10-5-9-6-13(12-11-9)7-14-8(2)3/h6,8,10H,4-5,7H2,1-3H3. The van der Waals surface area contributed by atoms with Crippen LogP contribution in [0.15, 0.2) is 6.20 Å². The minimum Gasteiger partial charge on any atom is -0.357 e. The van der Waals surface area contributed by atoms with Gasteiger partial charge in [-0.2, -0.15) is 0 Å². The summed E-state index contributed by atoms with van der Waals surface area (Å²) in [6.45, 7) is 8.23. The molecule has 0 spiro atoms. The van der Waals surface area contributed by atoms with Crippen LogP contribution in [-0.2, 0) is 18.0 Å². The van der Waals surface area contributed by atoms with E-state index in [0.717, 1.165) is 18.8 Å². The molecule has 5 nitrogen and oxygen atoms in total. The monoisotopic (exact) mass is 198 g/mol. The molecule has 1 N–H and O–H groups in total. The second-order valence-electron chi connectivity index (χ2n) is 3.37. The van der Waals surface area contributed by atoms with E-state index in [0.29, 0.717) is 6.73 Å². The summed E-state index contributed by atoms with van der Waals surface area (Å²) in [6.07, 6.45) is 2.11. The molecule has 0 aliphatic carbocycles. The summed E-state index contributed by atoms with van der Waals surface area (Å²) >= 11 is 0. The molecule has 1 aromatic rings. The number of nitrogens with one attached hydrogen (secondary N) is 1. The first-order valence-electron chi connectivity index (χ1n) is 4.93. The molecule has 0 saturated carbocycles. The summed E-state index contributed by atoms with van der Waals surface area (Å²) in [5.74, 6) is 0. The number of nitrogens with zero attached hydrogens (tertiary/aromatic N) is 3. The van der Waals surface area contributed by atoms with Gasteiger partial charge in [0.2, 0.25) is 0 Å². The Morgan fingerprint density at radius 3 is 3.00 bits per heavy atom. The minimum atomic E-state index is 0.219. The van der Waals surface area contributed by atoms with Crippen LogP contribution in [-0.4, -0.2) is 27.6 Å². The van der Waals surface area contributed by atoms with Crippen LogP contribution in [0.5, 0.6) is 0 Å². The summed E-state index contributed by atoms with van der Waals surface area (Å²) in [7, 11) is 0. The van der Waals surface area contributed by atoms with Crippen LogP contribution < -0.4 is 5.32 Å². The van der Waals surface area contributed by atoms with Crippen LogP contribution in [0.25, 0.3) is 0 Å². The van der Waals surface area contributed by atoms with E-state index in [2.05, 4.69) is 22.6 Å². The van der Waals surface area contributed by atoms with Gasteiger partial charge in [0.15, 0.2) is 0 Å². The van der Waals surface area contributed by atoms with Crippen molar-refractivity contribution in [2.45, 2.75) is 40.2 Å². The first kappa shape index (κ1) is 11.1. The van der Waals surface area contributed by atoms with Gasteiger partial charge in [0.25, 0.3) is 0 Å². The van der Waals surface area contributed by atoms with E-state index in [1.807, 2.05) is 20.0 Å². The van der Waals surface area contributed by atoms with E-state index < -0.39 is 0 Å². The lowest BCUT2D eigenvalue weighted by atomic mass is 10.5. The molecular formula is C9H18N4O. The fraction of sp³-hybridized carbons (Fsp3) is 0.778. The Labute approximate surface area is 84.4 Å². The number of rotatable bonds is 6. The van der Waals surface area contributed by atoms with Crippen molar-refractivity contribution in [3.05, 3.63) is 11.9 Å². The fourth-order valence-electron chi connectivity index (χ4n) is 0.961. The Morgan fingerprint density at radius 2 is 2.36 bits per heavy atom. The maximum absolute atomic E-state index is 5.39. The maximum Gasteiger partial charge on any atom is 0.141 e. The van der Waals surface area contributed by atoms with Crippen LogP contribution in [0, 0.1) is 0 Å². The average Bonchev–Trinajstić information content (AvgIpc) is 2.59. The maximum atomic E-state index is 5.39. The highest BCUT2D eigenvalue weighted by molar-refractivity contribution is 4.90. The highest BCUT2D eigenvalue weighted by Gasteiger charge is 2.00. The first-order valence-corrected chi connectivity index (χ1v) is 4.93. The molecule has 0 amide bonds. The number of hydrogen-bond acceptors (Lipinski definition) is 4. The van der Waals surface area contributed by atoms with Crippen molar-refractivity contribution in [1.29, 1.82) is 0 Å². The molecule has 0 fully saturated rings. The van der Waals surface area contributed by atoms with Gasteiger partial charge in [-0.3, -0.25) is 0 Å². The van der Waals surface area contributed by atoms with E-state index in [4.69, 9.17) is 4.74 Å². The van der Waals surface area contributed by atoms with Crippen LogP contribution in [0.3, 0.4) is 0 Å². The molecule has 80 valence electrons. The Hall–Kier alpha value is -0.940. The molecule has 0 aliphatic rings. The lowest BCUT2D eigenvalue weighted by Crippen LogP contribution is -2.12. The summed E-state index contributed by atoms with van der Waals surface area (Å²) < 4.78 is 7.09. The molecule has 1 aromatic heterocycles. The summed E-state index contributed by atoms with van der Waals surface area (Å²) in [5.41, 5.74) is 0.944. The van der Waals surface area contributed by atoms with E-state index >= 15 is 0 Å². The second-order valence-corrected chi connectivity index (χ2v) is 3.37. The van der Waals surface area contributed by atoms with Gasteiger partial charge in [-0.1, -0.05) is 12.1 Å². The largest absolute Gasteiger partial charge is 0.357 e. The molecule has 0 saturated heterocycles. The molecule has 0 radical (unpaired) electrons. The number of ether oxygens (including phenoxy) is 1. The Bertz CT molecular complexity index is 259. The van der Waals surface area contributed by atoms with Crippen LogP contribution in [0.1, 0.15) is 26.5 Å². The van der Waals surface area contributed by atoms with Crippen LogP contribution in [0.2, 0.25) is 0 Å². The molecule has 14 heavy (non-hydrogen) atoms. The highest BCUT2D eigenvalue weighted by atomic mass is 16.5.